The molecular formula is C18H40O9Si2. The van der Waals surface area contributed by atoms with Gasteiger partial charge in [-0.2, -0.15) is 0 Å². The molecule has 2 unspecified atom stereocenters. The van der Waals surface area contributed by atoms with E-state index in [0.717, 1.165) is 45.5 Å². The molecule has 2 rings (SSSR count). The third-order valence-corrected chi connectivity index (χ3v) is 8.15. The van der Waals surface area contributed by atoms with E-state index in [1.807, 2.05) is 0 Å². The summed E-state index contributed by atoms with van der Waals surface area (Å²) >= 11 is 0. The van der Waals surface area contributed by atoms with E-state index < -0.39 is 18.1 Å². The van der Waals surface area contributed by atoms with Crippen LogP contribution < -0.4 is 0 Å². The van der Waals surface area contributed by atoms with E-state index in [1.54, 1.807) is 41.6 Å². The SMILES string of the molecule is C=CCOCC1CO1.CO[SiH](OC)OC.CO[Si](C)(CCCOCC1CO1)OC. The zero-order valence-corrected chi connectivity index (χ0v) is 21.0. The lowest BCUT2D eigenvalue weighted by atomic mass is 10.5. The highest BCUT2D eigenvalue weighted by Crippen LogP contribution is 2.14. The molecular weight excluding hydrogens is 416 g/mol. The van der Waals surface area contributed by atoms with E-state index in [-0.39, 0.29) is 0 Å². The minimum absolute atomic E-state index is 0.364. The van der Waals surface area contributed by atoms with Crippen molar-refractivity contribution in [3.63, 3.8) is 0 Å². The van der Waals surface area contributed by atoms with Crippen LogP contribution in [-0.2, 0) is 41.1 Å². The first-order valence-electron chi connectivity index (χ1n) is 9.66. The van der Waals surface area contributed by atoms with Gasteiger partial charge in [0.25, 0.3) is 0 Å². The molecule has 9 nitrogen and oxygen atoms in total. The van der Waals surface area contributed by atoms with Crippen molar-refractivity contribution in [1.82, 2.24) is 0 Å². The average Bonchev–Trinajstić information content (AvgIpc) is 3.66. The Morgan fingerprint density at radius 3 is 1.76 bits per heavy atom. The molecule has 0 N–H and O–H groups in total. The Morgan fingerprint density at radius 2 is 1.41 bits per heavy atom. The highest BCUT2D eigenvalue weighted by atomic mass is 28.4. The molecule has 2 fully saturated rings. The summed E-state index contributed by atoms with van der Waals surface area (Å²) in [5.41, 5.74) is 0. The van der Waals surface area contributed by atoms with Crippen LogP contribution in [0.2, 0.25) is 12.6 Å². The molecule has 0 spiro atoms. The van der Waals surface area contributed by atoms with Crippen LogP contribution in [0.5, 0.6) is 0 Å². The second-order valence-corrected chi connectivity index (χ2v) is 12.0. The number of rotatable bonds is 15. The normalized spacial score (nSPS) is 19.7. The Bertz CT molecular complexity index is 369. The quantitative estimate of drug-likeness (QED) is 0.157. The van der Waals surface area contributed by atoms with Gasteiger partial charge >= 0.3 is 18.1 Å². The summed E-state index contributed by atoms with van der Waals surface area (Å²) in [7, 11) is 4.61. The maximum atomic E-state index is 5.43. The smallest absolute Gasteiger partial charge is 0.398 e. The summed E-state index contributed by atoms with van der Waals surface area (Å²) in [5, 5.41) is 0. The molecule has 2 heterocycles. The van der Waals surface area contributed by atoms with E-state index in [1.165, 1.54) is 0 Å². The van der Waals surface area contributed by atoms with Gasteiger partial charge in [-0.05, 0) is 19.0 Å². The molecule has 29 heavy (non-hydrogen) atoms. The van der Waals surface area contributed by atoms with Gasteiger partial charge < -0.3 is 41.1 Å². The van der Waals surface area contributed by atoms with Gasteiger partial charge in [0.05, 0.1) is 33.0 Å². The first kappa shape index (κ1) is 28.8. The van der Waals surface area contributed by atoms with Crippen molar-refractivity contribution < 1.29 is 41.1 Å². The van der Waals surface area contributed by atoms with Crippen molar-refractivity contribution in [2.75, 3.05) is 75.2 Å². The van der Waals surface area contributed by atoms with Crippen LogP contribution in [-0.4, -0.2) is 105 Å². The lowest BCUT2D eigenvalue weighted by Crippen LogP contribution is -2.36. The summed E-state index contributed by atoms with van der Waals surface area (Å²) in [6, 6.07) is 0.978. The summed E-state index contributed by atoms with van der Waals surface area (Å²) in [5.74, 6) is 0. The maximum absolute atomic E-state index is 5.43. The second-order valence-electron chi connectivity index (χ2n) is 6.45. The molecule has 2 atom stereocenters. The van der Waals surface area contributed by atoms with Crippen LogP contribution in [0.15, 0.2) is 12.7 Å². The van der Waals surface area contributed by atoms with Gasteiger partial charge in [-0.15, -0.1) is 6.58 Å². The summed E-state index contributed by atoms with van der Waals surface area (Å²) in [4.78, 5) is 0. The molecule has 11 heteroatoms. The van der Waals surface area contributed by atoms with E-state index in [9.17, 15) is 0 Å². The molecule has 0 saturated carbocycles. The van der Waals surface area contributed by atoms with Crippen molar-refractivity contribution in [3.05, 3.63) is 12.7 Å². The second kappa shape index (κ2) is 18.6. The monoisotopic (exact) mass is 456 g/mol. The number of hydrogen-bond donors (Lipinski definition) is 0. The van der Waals surface area contributed by atoms with E-state index in [4.69, 9.17) is 41.1 Å². The Hall–Kier alpha value is -0.186. The highest BCUT2D eigenvalue weighted by Gasteiger charge is 2.28. The van der Waals surface area contributed by atoms with E-state index in [2.05, 4.69) is 13.1 Å². The average molecular weight is 457 g/mol. The van der Waals surface area contributed by atoms with E-state index in [0.29, 0.717) is 18.8 Å². The zero-order valence-electron chi connectivity index (χ0n) is 18.8. The molecule has 2 aliphatic rings. The minimum Gasteiger partial charge on any atom is -0.398 e. The highest BCUT2D eigenvalue weighted by molar-refractivity contribution is 6.65. The van der Waals surface area contributed by atoms with Crippen molar-refractivity contribution >= 4 is 18.1 Å². The summed E-state index contributed by atoms with van der Waals surface area (Å²) in [6.07, 6.45) is 3.48. The molecule has 174 valence electrons. The molecule has 2 saturated heterocycles. The molecule has 0 amide bonds. The Morgan fingerprint density at radius 1 is 0.931 bits per heavy atom. The van der Waals surface area contributed by atoms with Gasteiger partial charge in [0.1, 0.15) is 12.2 Å². The van der Waals surface area contributed by atoms with Gasteiger partial charge in [-0.25, -0.2) is 0 Å². The van der Waals surface area contributed by atoms with Gasteiger partial charge in [0.2, 0.25) is 0 Å². The molecule has 2 aliphatic heterocycles. The predicted octanol–water partition coefficient (Wildman–Crippen LogP) is 1.39. The largest absolute Gasteiger partial charge is 0.483 e. The van der Waals surface area contributed by atoms with Gasteiger partial charge in [-0.1, -0.05) is 6.08 Å². The van der Waals surface area contributed by atoms with Crippen molar-refractivity contribution in [2.24, 2.45) is 0 Å². The zero-order chi connectivity index (χ0) is 22.0. The number of epoxide rings is 2. The van der Waals surface area contributed by atoms with Crippen LogP contribution >= 0.6 is 0 Å². The van der Waals surface area contributed by atoms with Crippen LogP contribution in [0.25, 0.3) is 0 Å². The Labute approximate surface area is 178 Å². The topological polar surface area (TPSA) is 89.7 Å². The number of hydrogen-bond acceptors (Lipinski definition) is 9. The van der Waals surface area contributed by atoms with Crippen molar-refractivity contribution in [3.8, 4) is 0 Å². The third-order valence-electron chi connectivity index (χ3n) is 4.01. The van der Waals surface area contributed by atoms with Gasteiger partial charge in [-0.3, -0.25) is 0 Å². The fourth-order valence-corrected chi connectivity index (χ4v) is 3.84. The van der Waals surface area contributed by atoms with E-state index >= 15 is 0 Å². The molecule has 0 aliphatic carbocycles. The lowest BCUT2D eigenvalue weighted by molar-refractivity contribution is 0.114. The van der Waals surface area contributed by atoms with Gasteiger partial charge in [0, 0.05) is 42.2 Å². The van der Waals surface area contributed by atoms with Crippen LogP contribution in [0.4, 0.5) is 0 Å². The van der Waals surface area contributed by atoms with Crippen molar-refractivity contribution in [1.29, 1.82) is 0 Å². The number of ether oxygens (including phenoxy) is 4. The standard InChI is InChI=1S/C9H20O4Si.C6H10O2.C3H10O3Si/c1-10-14(3,11-2)6-4-5-12-7-9-8-13-9;1-2-3-7-4-6-5-8-6;1-4-7(5-2)6-3/h9H,4-8H2,1-3H3;2,6H,1,3-5H2;7H,1-3H3. The predicted molar refractivity (Wildman–Crippen MR) is 115 cm³/mol. The van der Waals surface area contributed by atoms with Crippen LogP contribution in [0.3, 0.4) is 0 Å². The summed E-state index contributed by atoms with van der Waals surface area (Å²) < 4.78 is 45.4. The van der Waals surface area contributed by atoms with Crippen LogP contribution in [0.1, 0.15) is 6.42 Å². The Kier molecular flexibility index (Phi) is 18.5. The first-order chi connectivity index (χ1) is 14.0. The molecule has 0 radical (unpaired) electrons. The minimum atomic E-state index is -1.87. The molecule has 0 aromatic carbocycles. The first-order valence-corrected chi connectivity index (χ1v) is 13.6. The molecule has 0 bridgehead atoms. The molecule has 0 aromatic heterocycles. The third kappa shape index (κ3) is 18.3. The van der Waals surface area contributed by atoms with Crippen LogP contribution in [0, 0.1) is 0 Å². The summed E-state index contributed by atoms with van der Waals surface area (Å²) in [6.45, 7) is 10.2. The molecule has 0 aromatic rings. The lowest BCUT2D eigenvalue weighted by Gasteiger charge is -2.22. The van der Waals surface area contributed by atoms with Crippen molar-refractivity contribution in [2.45, 2.75) is 31.2 Å². The fourth-order valence-electron chi connectivity index (χ4n) is 1.90. The fraction of sp³-hybridized carbons (Fsp3) is 0.889. The maximum Gasteiger partial charge on any atom is 0.483 e. The Balaban J connectivity index is 0.000000444. The van der Waals surface area contributed by atoms with Gasteiger partial charge in [0.15, 0.2) is 0 Å².